The van der Waals surface area contributed by atoms with Gasteiger partial charge in [0.1, 0.15) is 11.5 Å². The first-order valence-electron chi connectivity index (χ1n) is 5.24. The smallest absolute Gasteiger partial charge is 0.320 e. The second kappa shape index (κ2) is 3.95. The normalized spacial score (nSPS) is 10.7. The van der Waals surface area contributed by atoms with Crippen molar-refractivity contribution in [1.82, 2.24) is 24.9 Å². The first kappa shape index (κ1) is 10.5. The minimum absolute atomic E-state index is 0.229. The van der Waals surface area contributed by atoms with E-state index in [0.29, 0.717) is 17.2 Å². The maximum Gasteiger partial charge on any atom is 0.320 e. The van der Waals surface area contributed by atoms with Crippen molar-refractivity contribution in [2.45, 2.75) is 0 Å². The Morgan fingerprint density at radius 3 is 2.89 bits per heavy atom. The number of nitrogens with zero attached hydrogens (tertiary/aromatic N) is 4. The molecule has 18 heavy (non-hydrogen) atoms. The van der Waals surface area contributed by atoms with Crippen LogP contribution >= 0.6 is 0 Å². The molecule has 3 rings (SSSR count). The van der Waals surface area contributed by atoms with E-state index in [4.69, 9.17) is 10.5 Å². The van der Waals surface area contributed by atoms with Crippen LogP contribution in [0.2, 0.25) is 0 Å². The Labute approximate surface area is 102 Å². The fraction of sp³-hybridized carbons (Fsp3) is 0.0909. The third-order valence-electron chi connectivity index (χ3n) is 2.56. The number of aromatic nitrogens is 5. The van der Waals surface area contributed by atoms with Crippen LogP contribution in [-0.2, 0) is 0 Å². The van der Waals surface area contributed by atoms with Gasteiger partial charge < -0.3 is 15.5 Å². The second-order valence-electron chi connectivity index (χ2n) is 3.61. The Morgan fingerprint density at radius 2 is 2.17 bits per heavy atom. The van der Waals surface area contributed by atoms with Gasteiger partial charge in [-0.1, -0.05) is 0 Å². The van der Waals surface area contributed by atoms with Crippen molar-refractivity contribution in [2.24, 2.45) is 0 Å². The maximum absolute atomic E-state index is 5.92. The van der Waals surface area contributed by atoms with E-state index in [1.165, 1.54) is 7.11 Å². The SMILES string of the molecule is COc1nc(N)c2c(-c3cnccn3)c[nH]c2n1. The van der Waals surface area contributed by atoms with Crippen LogP contribution < -0.4 is 10.5 Å². The van der Waals surface area contributed by atoms with E-state index >= 15 is 0 Å². The molecule has 0 aromatic carbocycles. The van der Waals surface area contributed by atoms with E-state index in [1.54, 1.807) is 24.8 Å². The summed E-state index contributed by atoms with van der Waals surface area (Å²) in [6, 6.07) is 0.229. The van der Waals surface area contributed by atoms with Crippen molar-refractivity contribution in [3.63, 3.8) is 0 Å². The third kappa shape index (κ3) is 1.53. The fourth-order valence-electron chi connectivity index (χ4n) is 1.77. The lowest BCUT2D eigenvalue weighted by Crippen LogP contribution is -1.98. The van der Waals surface area contributed by atoms with Gasteiger partial charge in [-0.05, 0) is 0 Å². The van der Waals surface area contributed by atoms with E-state index in [2.05, 4.69) is 24.9 Å². The monoisotopic (exact) mass is 242 g/mol. The molecule has 3 aromatic rings. The van der Waals surface area contributed by atoms with Gasteiger partial charge in [-0.3, -0.25) is 9.97 Å². The summed E-state index contributed by atoms with van der Waals surface area (Å²) in [5, 5.41) is 0.719. The molecule has 0 saturated carbocycles. The number of anilines is 1. The molecule has 0 aliphatic rings. The lowest BCUT2D eigenvalue weighted by Gasteiger charge is -2.02. The van der Waals surface area contributed by atoms with Crippen LogP contribution in [-0.4, -0.2) is 32.0 Å². The average molecular weight is 242 g/mol. The molecule has 7 heteroatoms. The first-order valence-corrected chi connectivity index (χ1v) is 5.24. The molecule has 90 valence electrons. The minimum Gasteiger partial charge on any atom is -0.467 e. The number of methoxy groups -OCH3 is 1. The third-order valence-corrected chi connectivity index (χ3v) is 2.56. The number of nitrogens with two attached hydrogens (primary N) is 1. The van der Waals surface area contributed by atoms with E-state index < -0.39 is 0 Å². The van der Waals surface area contributed by atoms with Crippen LogP contribution in [0.5, 0.6) is 6.01 Å². The summed E-state index contributed by atoms with van der Waals surface area (Å²) in [6.07, 6.45) is 6.67. The van der Waals surface area contributed by atoms with Crippen molar-refractivity contribution in [2.75, 3.05) is 12.8 Å². The molecule has 3 aromatic heterocycles. The molecule has 0 radical (unpaired) electrons. The molecule has 0 aliphatic heterocycles. The molecule has 7 nitrogen and oxygen atoms in total. The summed E-state index contributed by atoms with van der Waals surface area (Å²) in [5.41, 5.74) is 8.06. The van der Waals surface area contributed by atoms with Crippen LogP contribution in [0.1, 0.15) is 0 Å². The number of ether oxygens (including phenoxy) is 1. The fourth-order valence-corrected chi connectivity index (χ4v) is 1.77. The Balaban J connectivity index is 2.27. The van der Waals surface area contributed by atoms with Crippen LogP contribution in [0.15, 0.2) is 24.8 Å². The highest BCUT2D eigenvalue weighted by molar-refractivity contribution is 5.99. The highest BCUT2D eigenvalue weighted by Crippen LogP contribution is 2.30. The zero-order valence-corrected chi connectivity index (χ0v) is 9.58. The Hall–Kier alpha value is -2.70. The molecule has 0 atom stereocenters. The predicted molar refractivity (Wildman–Crippen MR) is 65.9 cm³/mol. The largest absolute Gasteiger partial charge is 0.467 e. The molecule has 0 saturated heterocycles. The number of hydrogen-bond acceptors (Lipinski definition) is 6. The number of fused-ring (bicyclic) bond motifs is 1. The van der Waals surface area contributed by atoms with Crippen LogP contribution in [0.25, 0.3) is 22.3 Å². The second-order valence-corrected chi connectivity index (χ2v) is 3.61. The number of H-pyrrole nitrogens is 1. The summed E-state index contributed by atoms with van der Waals surface area (Å²) in [5.74, 6) is 0.346. The van der Waals surface area contributed by atoms with Gasteiger partial charge in [-0.2, -0.15) is 9.97 Å². The van der Waals surface area contributed by atoms with Crippen molar-refractivity contribution >= 4 is 16.9 Å². The average Bonchev–Trinajstić information content (AvgIpc) is 2.84. The van der Waals surface area contributed by atoms with Gasteiger partial charge in [0.2, 0.25) is 0 Å². The quantitative estimate of drug-likeness (QED) is 0.695. The summed E-state index contributed by atoms with van der Waals surface area (Å²) >= 11 is 0. The minimum atomic E-state index is 0.229. The van der Waals surface area contributed by atoms with Crippen LogP contribution in [0, 0.1) is 0 Å². The molecule has 3 heterocycles. The molecule has 0 bridgehead atoms. The van der Waals surface area contributed by atoms with Crippen molar-refractivity contribution in [1.29, 1.82) is 0 Å². The van der Waals surface area contributed by atoms with Crippen LogP contribution in [0.3, 0.4) is 0 Å². The molecular formula is C11H10N6O. The summed E-state index contributed by atoms with van der Waals surface area (Å²) < 4.78 is 4.97. The van der Waals surface area contributed by atoms with Crippen molar-refractivity contribution < 1.29 is 4.74 Å². The van der Waals surface area contributed by atoms with Gasteiger partial charge >= 0.3 is 6.01 Å². The van der Waals surface area contributed by atoms with Gasteiger partial charge in [0.25, 0.3) is 0 Å². The van der Waals surface area contributed by atoms with Gasteiger partial charge in [0.05, 0.1) is 24.4 Å². The lowest BCUT2D eigenvalue weighted by atomic mass is 10.2. The number of nitrogens with one attached hydrogen (secondary N) is 1. The highest BCUT2D eigenvalue weighted by Gasteiger charge is 2.14. The molecular weight excluding hydrogens is 232 g/mol. The zero-order valence-electron chi connectivity index (χ0n) is 9.58. The number of rotatable bonds is 2. The molecule has 0 amide bonds. The molecule has 0 spiro atoms. The standard InChI is InChI=1S/C11H10N6O/c1-18-11-16-9(12)8-6(4-15-10(8)17-11)7-5-13-2-3-14-7/h2-5H,1H3,(H3,12,15,16,17). The van der Waals surface area contributed by atoms with Crippen molar-refractivity contribution in [3.05, 3.63) is 24.8 Å². The van der Waals surface area contributed by atoms with Crippen molar-refractivity contribution in [3.8, 4) is 17.3 Å². The van der Waals surface area contributed by atoms with Gasteiger partial charge in [0, 0.05) is 24.2 Å². The van der Waals surface area contributed by atoms with Crippen LogP contribution in [0.4, 0.5) is 5.82 Å². The van der Waals surface area contributed by atoms with E-state index in [9.17, 15) is 0 Å². The first-order chi connectivity index (χ1) is 8.79. The van der Waals surface area contributed by atoms with Gasteiger partial charge in [0.15, 0.2) is 0 Å². The Morgan fingerprint density at radius 1 is 1.28 bits per heavy atom. The summed E-state index contributed by atoms with van der Waals surface area (Å²) in [4.78, 5) is 19.5. The molecule has 3 N–H and O–H groups in total. The predicted octanol–water partition coefficient (Wildman–Crippen LogP) is 1.01. The maximum atomic E-state index is 5.92. The molecule has 0 aliphatic carbocycles. The molecule has 0 fully saturated rings. The van der Waals surface area contributed by atoms with Gasteiger partial charge in [-0.25, -0.2) is 0 Å². The topological polar surface area (TPSA) is 103 Å². The van der Waals surface area contributed by atoms with E-state index in [0.717, 1.165) is 10.9 Å². The molecule has 0 unspecified atom stereocenters. The summed E-state index contributed by atoms with van der Waals surface area (Å²) in [6.45, 7) is 0. The zero-order chi connectivity index (χ0) is 12.5. The van der Waals surface area contributed by atoms with E-state index in [-0.39, 0.29) is 6.01 Å². The number of hydrogen-bond donors (Lipinski definition) is 2. The Bertz CT molecular complexity index is 693. The number of aromatic amines is 1. The Kier molecular flexibility index (Phi) is 2.30. The number of nitrogen functional groups attached to an aromatic ring is 1. The highest BCUT2D eigenvalue weighted by atomic mass is 16.5. The summed E-state index contributed by atoms with van der Waals surface area (Å²) in [7, 11) is 1.49. The lowest BCUT2D eigenvalue weighted by molar-refractivity contribution is 0.382. The van der Waals surface area contributed by atoms with E-state index in [1.807, 2.05) is 0 Å². The van der Waals surface area contributed by atoms with Gasteiger partial charge in [-0.15, -0.1) is 0 Å².